The van der Waals surface area contributed by atoms with Crippen LogP contribution >= 0.6 is 8.58 Å². The zero-order valence-corrected chi connectivity index (χ0v) is 19.1. The number of carbonyl (C=O) groups is 1. The van der Waals surface area contributed by atoms with Crippen LogP contribution in [0.2, 0.25) is 0 Å². The van der Waals surface area contributed by atoms with Gasteiger partial charge in [0.05, 0.1) is 17.6 Å². The Labute approximate surface area is 179 Å². The predicted octanol–water partition coefficient (Wildman–Crippen LogP) is 3.37. The molecule has 0 aliphatic rings. The van der Waals surface area contributed by atoms with E-state index in [1.807, 2.05) is 20.5 Å². The second kappa shape index (κ2) is 10.3. The van der Waals surface area contributed by atoms with Gasteiger partial charge in [-0.15, -0.1) is 0 Å². The van der Waals surface area contributed by atoms with E-state index in [1.165, 1.54) is 19.2 Å². The largest absolute Gasteiger partial charge is 0.490 e. The Morgan fingerprint density at radius 2 is 1.65 bits per heavy atom. The number of hydrogen-bond donors (Lipinski definition) is 1. The molecule has 0 aliphatic heterocycles. The minimum atomic E-state index is -5.08. The number of sulfonamides is 1. The molecule has 31 heavy (non-hydrogen) atoms. The number of carboxylic acid groups (broad SMARTS) is 1. The van der Waals surface area contributed by atoms with E-state index < -0.39 is 22.2 Å². The molecular formula is C18H22F4N3O4PS. The molecular weight excluding hydrogens is 461 g/mol. The van der Waals surface area contributed by atoms with Gasteiger partial charge in [-0.1, -0.05) is 22.4 Å². The maximum Gasteiger partial charge on any atom is 0.490 e. The summed E-state index contributed by atoms with van der Waals surface area (Å²) < 4.78 is 69.8. The maximum atomic E-state index is 13.2. The summed E-state index contributed by atoms with van der Waals surface area (Å²) in [7, 11) is -1.61. The average Bonchev–Trinajstić information content (AvgIpc) is 2.65. The average molecular weight is 483 g/mol. The van der Waals surface area contributed by atoms with Crippen molar-refractivity contribution in [2.24, 2.45) is 0 Å². The van der Waals surface area contributed by atoms with Gasteiger partial charge in [0.2, 0.25) is 16.0 Å². The maximum absolute atomic E-state index is 13.2. The molecule has 1 aromatic carbocycles. The van der Waals surface area contributed by atoms with Gasteiger partial charge >= 0.3 is 12.1 Å². The lowest BCUT2D eigenvalue weighted by atomic mass is 10.1. The van der Waals surface area contributed by atoms with Crippen LogP contribution in [0.5, 0.6) is 0 Å². The molecule has 2 aromatic rings. The number of alkyl halides is 3. The highest BCUT2D eigenvalue weighted by Gasteiger charge is 2.38. The Balaban J connectivity index is 0.000000592. The van der Waals surface area contributed by atoms with Crippen molar-refractivity contribution >= 4 is 35.8 Å². The SMILES string of the molecule is CPc1c(-c2ccc(F)cc2)nc(N(C)S(C)(=O)=O)nc1C(C)C.O=C(O)C(F)(F)F. The number of halogens is 4. The van der Waals surface area contributed by atoms with Gasteiger partial charge in [0.1, 0.15) is 5.82 Å². The van der Waals surface area contributed by atoms with Crippen LogP contribution in [-0.2, 0) is 14.8 Å². The van der Waals surface area contributed by atoms with Gasteiger partial charge in [0.25, 0.3) is 0 Å². The zero-order valence-electron chi connectivity index (χ0n) is 17.3. The highest BCUT2D eigenvalue weighted by atomic mass is 32.2. The van der Waals surface area contributed by atoms with Gasteiger partial charge in [0.15, 0.2) is 0 Å². The summed E-state index contributed by atoms with van der Waals surface area (Å²) in [5.41, 5.74) is 2.21. The summed E-state index contributed by atoms with van der Waals surface area (Å²) in [4.78, 5) is 17.9. The fourth-order valence-electron chi connectivity index (χ4n) is 2.24. The topological polar surface area (TPSA) is 100 Å². The highest BCUT2D eigenvalue weighted by molar-refractivity contribution is 7.92. The highest BCUT2D eigenvalue weighted by Crippen LogP contribution is 2.28. The number of aliphatic carboxylic acids is 1. The lowest BCUT2D eigenvalue weighted by molar-refractivity contribution is -0.192. The Morgan fingerprint density at radius 3 is 2.00 bits per heavy atom. The second-order valence-electron chi connectivity index (χ2n) is 6.58. The number of hydrogen-bond acceptors (Lipinski definition) is 5. The van der Waals surface area contributed by atoms with Crippen LogP contribution in [-0.4, -0.2) is 55.6 Å². The van der Waals surface area contributed by atoms with Crippen molar-refractivity contribution in [2.45, 2.75) is 25.9 Å². The molecule has 1 heterocycles. The van der Waals surface area contributed by atoms with Crippen molar-refractivity contribution in [1.29, 1.82) is 0 Å². The molecule has 1 atom stereocenters. The van der Waals surface area contributed by atoms with Gasteiger partial charge in [-0.3, -0.25) is 0 Å². The molecule has 0 saturated heterocycles. The first-order valence-corrected chi connectivity index (χ1v) is 12.0. The number of rotatable bonds is 5. The molecule has 0 radical (unpaired) electrons. The Kier molecular flexibility index (Phi) is 8.89. The lowest BCUT2D eigenvalue weighted by Crippen LogP contribution is -2.29. The van der Waals surface area contributed by atoms with Crippen LogP contribution in [0.1, 0.15) is 25.5 Å². The van der Waals surface area contributed by atoms with E-state index >= 15 is 0 Å². The quantitative estimate of drug-likeness (QED) is 0.517. The first kappa shape index (κ1) is 26.7. The molecule has 0 spiro atoms. The number of benzene rings is 1. The summed E-state index contributed by atoms with van der Waals surface area (Å²) in [6.07, 6.45) is -3.97. The number of anilines is 1. The molecule has 1 unspecified atom stereocenters. The minimum absolute atomic E-state index is 0.112. The van der Waals surface area contributed by atoms with E-state index in [0.29, 0.717) is 14.3 Å². The van der Waals surface area contributed by atoms with Crippen molar-refractivity contribution < 1.29 is 35.9 Å². The molecule has 0 aliphatic carbocycles. The number of aromatic nitrogens is 2. The molecule has 0 amide bonds. The molecule has 1 N–H and O–H groups in total. The first-order chi connectivity index (χ1) is 14.1. The fourth-order valence-corrected chi connectivity index (χ4v) is 3.65. The molecule has 7 nitrogen and oxygen atoms in total. The van der Waals surface area contributed by atoms with E-state index in [4.69, 9.17) is 9.90 Å². The van der Waals surface area contributed by atoms with Gasteiger partial charge in [-0.2, -0.15) is 13.2 Å². The van der Waals surface area contributed by atoms with Crippen molar-refractivity contribution in [3.8, 4) is 11.3 Å². The molecule has 2 rings (SSSR count). The van der Waals surface area contributed by atoms with Crippen LogP contribution in [0.25, 0.3) is 11.3 Å². The zero-order chi connectivity index (χ0) is 24.1. The summed E-state index contributed by atoms with van der Waals surface area (Å²) in [6, 6.07) is 6.04. The fraction of sp³-hybridized carbons (Fsp3) is 0.389. The number of carboxylic acids is 1. The molecule has 13 heteroatoms. The third-order valence-electron chi connectivity index (χ3n) is 3.86. The Morgan fingerprint density at radius 1 is 1.16 bits per heavy atom. The smallest absolute Gasteiger partial charge is 0.475 e. The Bertz CT molecular complexity index is 1030. The minimum Gasteiger partial charge on any atom is -0.475 e. The van der Waals surface area contributed by atoms with E-state index in [-0.39, 0.29) is 17.7 Å². The monoisotopic (exact) mass is 483 g/mol. The molecule has 0 saturated carbocycles. The van der Waals surface area contributed by atoms with Crippen LogP contribution in [0.15, 0.2) is 24.3 Å². The van der Waals surface area contributed by atoms with Crippen molar-refractivity contribution in [1.82, 2.24) is 9.97 Å². The molecule has 0 fully saturated rings. The van der Waals surface area contributed by atoms with Gasteiger partial charge in [-0.05, 0) is 36.8 Å². The molecule has 0 bridgehead atoms. The molecule has 172 valence electrons. The Hall–Kier alpha value is -2.33. The van der Waals surface area contributed by atoms with Gasteiger partial charge in [0, 0.05) is 17.9 Å². The lowest BCUT2D eigenvalue weighted by Gasteiger charge is -2.20. The standard InChI is InChI=1S/C16H21FN3O2PS.C2HF3O2/c1-10(2)13-15(23-4)14(11-6-8-12(17)9-7-11)19-16(18-13)20(3)24(5,21)22;3-2(4,5)1(6)7/h6-10,23H,1-5H3;(H,6,7). The third kappa shape index (κ3) is 7.39. The normalized spacial score (nSPS) is 12.1. The van der Waals surface area contributed by atoms with Crippen molar-refractivity contribution in [2.75, 3.05) is 24.3 Å². The van der Waals surface area contributed by atoms with Crippen molar-refractivity contribution in [3.05, 3.63) is 35.8 Å². The van der Waals surface area contributed by atoms with Gasteiger partial charge < -0.3 is 5.11 Å². The molecule has 1 aromatic heterocycles. The van der Waals surface area contributed by atoms with Crippen LogP contribution < -0.4 is 9.61 Å². The van der Waals surface area contributed by atoms with Crippen LogP contribution in [0.4, 0.5) is 23.5 Å². The second-order valence-corrected chi connectivity index (χ2v) is 9.59. The summed E-state index contributed by atoms with van der Waals surface area (Å²) >= 11 is 0. The summed E-state index contributed by atoms with van der Waals surface area (Å²) in [6.45, 7) is 6.03. The van der Waals surface area contributed by atoms with Crippen molar-refractivity contribution in [3.63, 3.8) is 0 Å². The van der Waals surface area contributed by atoms with E-state index in [1.54, 1.807) is 12.1 Å². The summed E-state index contributed by atoms with van der Waals surface area (Å²) in [5, 5.41) is 8.10. The summed E-state index contributed by atoms with van der Waals surface area (Å²) in [5.74, 6) is -2.85. The number of nitrogens with zero attached hydrogens (tertiary/aromatic N) is 3. The first-order valence-electron chi connectivity index (χ1n) is 8.69. The van der Waals surface area contributed by atoms with E-state index in [0.717, 1.165) is 27.1 Å². The third-order valence-corrected chi connectivity index (χ3v) is 6.01. The van der Waals surface area contributed by atoms with Crippen LogP contribution in [0, 0.1) is 5.82 Å². The van der Waals surface area contributed by atoms with E-state index in [2.05, 4.69) is 9.97 Å². The van der Waals surface area contributed by atoms with Crippen LogP contribution in [0.3, 0.4) is 0 Å². The van der Waals surface area contributed by atoms with Gasteiger partial charge in [-0.25, -0.2) is 31.9 Å². The predicted molar refractivity (Wildman–Crippen MR) is 112 cm³/mol. The van der Waals surface area contributed by atoms with E-state index in [9.17, 15) is 26.0 Å².